The molecular formula is C17H17F2N3O4S. The number of nitrogens with one attached hydrogen (secondary N) is 2. The van der Waals surface area contributed by atoms with Crippen LogP contribution in [0.4, 0.5) is 14.5 Å². The summed E-state index contributed by atoms with van der Waals surface area (Å²) in [4.78, 5) is 12.5. The molecule has 0 aliphatic carbocycles. The number of hydrogen-bond donors (Lipinski definition) is 3. The van der Waals surface area contributed by atoms with Crippen LogP contribution in [0.2, 0.25) is 0 Å². The first kappa shape index (κ1) is 19.2. The minimum atomic E-state index is -3.98. The van der Waals surface area contributed by atoms with Gasteiger partial charge in [0.25, 0.3) is 5.91 Å². The van der Waals surface area contributed by atoms with Crippen molar-refractivity contribution in [3.05, 3.63) is 53.4 Å². The van der Waals surface area contributed by atoms with E-state index >= 15 is 0 Å². The van der Waals surface area contributed by atoms with Gasteiger partial charge in [0.2, 0.25) is 10.0 Å². The summed E-state index contributed by atoms with van der Waals surface area (Å²) in [5.41, 5.74) is 0.171. The molecule has 0 saturated heterocycles. The van der Waals surface area contributed by atoms with Gasteiger partial charge in [-0.2, -0.15) is 0 Å². The number of fused-ring (bicyclic) bond motifs is 1. The van der Waals surface area contributed by atoms with E-state index < -0.39 is 39.7 Å². The molecule has 10 heteroatoms. The van der Waals surface area contributed by atoms with Crippen LogP contribution in [-0.4, -0.2) is 36.1 Å². The van der Waals surface area contributed by atoms with E-state index in [0.717, 1.165) is 12.1 Å². The predicted octanol–water partition coefficient (Wildman–Crippen LogP) is 1.61. The molecule has 27 heavy (non-hydrogen) atoms. The fourth-order valence-electron chi connectivity index (χ4n) is 2.78. The number of hydrogen-bond acceptors (Lipinski definition) is 4. The average molecular weight is 397 g/mol. The maximum Gasteiger partial charge on any atom is 0.272 e. The van der Waals surface area contributed by atoms with Crippen LogP contribution in [0, 0.1) is 11.6 Å². The number of sulfonamides is 1. The van der Waals surface area contributed by atoms with Gasteiger partial charge in [0.15, 0.2) is 11.6 Å². The van der Waals surface area contributed by atoms with Gasteiger partial charge in [0.1, 0.15) is 10.6 Å². The number of nitrogens with zero attached hydrogens (tertiary/aromatic N) is 1. The van der Waals surface area contributed by atoms with Crippen LogP contribution in [0.1, 0.15) is 23.0 Å². The van der Waals surface area contributed by atoms with Gasteiger partial charge < -0.3 is 15.0 Å². The fourth-order valence-corrected chi connectivity index (χ4v) is 4.29. The molecule has 0 fully saturated rings. The lowest BCUT2D eigenvalue weighted by Gasteiger charge is -2.15. The Hall–Kier alpha value is -2.56. The molecule has 2 atom stereocenters. The number of anilines is 1. The quantitative estimate of drug-likeness (QED) is 0.733. The van der Waals surface area contributed by atoms with Crippen LogP contribution in [0.5, 0.6) is 0 Å². The van der Waals surface area contributed by atoms with E-state index in [2.05, 4.69) is 10.0 Å². The highest BCUT2D eigenvalue weighted by Gasteiger charge is 2.31. The maximum absolute atomic E-state index is 13.3. The Kier molecular flexibility index (Phi) is 4.89. The van der Waals surface area contributed by atoms with Crippen molar-refractivity contribution in [2.24, 2.45) is 7.05 Å². The standard InChI is InChI=1S/C17H17F2N3O4S/c1-9(23)14-6-4-11-15(27(25,26)21-14)8-22(2)16(11)17(24)20-10-3-5-12(18)13(19)7-10/h3-9,14,21,23H,1-2H3,(H,20,24)/t9-,14?/m1/s1. The van der Waals surface area contributed by atoms with Gasteiger partial charge in [-0.05, 0) is 19.1 Å². The number of halogens is 2. The number of aromatic nitrogens is 1. The van der Waals surface area contributed by atoms with Gasteiger partial charge in [-0.15, -0.1) is 0 Å². The SMILES string of the molecule is C[C@@H](O)C1C=Cc2c(cn(C)c2C(=O)Nc2ccc(F)c(F)c2)S(=O)(=O)N1. The number of carbonyl (C=O) groups is 1. The van der Waals surface area contributed by atoms with Gasteiger partial charge in [-0.1, -0.05) is 12.2 Å². The molecule has 2 aromatic rings. The minimum Gasteiger partial charge on any atom is -0.391 e. The third kappa shape index (κ3) is 3.64. The largest absolute Gasteiger partial charge is 0.391 e. The highest BCUT2D eigenvalue weighted by Crippen LogP contribution is 2.27. The summed E-state index contributed by atoms with van der Waals surface area (Å²) in [6.07, 6.45) is 3.17. The van der Waals surface area contributed by atoms with Crippen molar-refractivity contribution in [1.29, 1.82) is 0 Å². The van der Waals surface area contributed by atoms with E-state index in [1.807, 2.05) is 0 Å². The topological polar surface area (TPSA) is 100 Å². The van der Waals surface area contributed by atoms with E-state index in [1.54, 1.807) is 0 Å². The molecule has 1 aliphatic heterocycles. The Morgan fingerprint density at radius 2 is 2.04 bits per heavy atom. The summed E-state index contributed by atoms with van der Waals surface area (Å²) >= 11 is 0. The first-order valence-electron chi connectivity index (χ1n) is 7.94. The molecule has 0 saturated carbocycles. The molecule has 1 amide bonds. The van der Waals surface area contributed by atoms with Crippen molar-refractivity contribution in [2.45, 2.75) is 24.0 Å². The summed E-state index contributed by atoms with van der Waals surface area (Å²) in [5, 5.41) is 12.1. The van der Waals surface area contributed by atoms with Crippen molar-refractivity contribution >= 4 is 27.7 Å². The fraction of sp³-hybridized carbons (Fsp3) is 0.235. The summed E-state index contributed by atoms with van der Waals surface area (Å²) < 4.78 is 55.1. The zero-order chi connectivity index (χ0) is 19.9. The molecule has 1 aliphatic rings. The molecule has 0 spiro atoms. The number of amides is 1. The van der Waals surface area contributed by atoms with Crippen molar-refractivity contribution in [3.8, 4) is 0 Å². The van der Waals surface area contributed by atoms with E-state index in [9.17, 15) is 27.1 Å². The molecule has 144 valence electrons. The molecule has 1 aromatic heterocycles. The second-order valence-electron chi connectivity index (χ2n) is 6.20. The van der Waals surface area contributed by atoms with Gasteiger partial charge in [0.05, 0.1) is 12.1 Å². The monoisotopic (exact) mass is 397 g/mol. The second-order valence-corrected chi connectivity index (χ2v) is 7.88. The Balaban J connectivity index is 2.03. The van der Waals surface area contributed by atoms with Crippen LogP contribution in [0.3, 0.4) is 0 Å². The summed E-state index contributed by atoms with van der Waals surface area (Å²) in [7, 11) is -2.49. The van der Waals surface area contributed by atoms with Gasteiger partial charge in [-0.25, -0.2) is 21.9 Å². The molecule has 0 bridgehead atoms. The summed E-state index contributed by atoms with van der Waals surface area (Å²) in [6, 6.07) is 2.04. The Morgan fingerprint density at radius 1 is 1.33 bits per heavy atom. The Morgan fingerprint density at radius 3 is 2.67 bits per heavy atom. The van der Waals surface area contributed by atoms with Gasteiger partial charge in [0, 0.05) is 30.6 Å². The minimum absolute atomic E-state index is 0.0163. The van der Waals surface area contributed by atoms with Crippen molar-refractivity contribution < 1.29 is 27.1 Å². The van der Waals surface area contributed by atoms with Crippen molar-refractivity contribution in [3.63, 3.8) is 0 Å². The molecule has 3 rings (SSSR count). The first-order chi connectivity index (χ1) is 12.6. The Bertz CT molecular complexity index is 1040. The third-order valence-electron chi connectivity index (χ3n) is 4.15. The lowest BCUT2D eigenvalue weighted by atomic mass is 10.1. The smallest absolute Gasteiger partial charge is 0.272 e. The number of rotatable bonds is 3. The molecule has 0 radical (unpaired) electrons. The van der Waals surface area contributed by atoms with Gasteiger partial charge >= 0.3 is 0 Å². The average Bonchev–Trinajstić information content (AvgIpc) is 2.85. The number of carbonyl (C=O) groups excluding carboxylic acids is 1. The second kappa shape index (κ2) is 6.87. The van der Waals surface area contributed by atoms with E-state index in [0.29, 0.717) is 0 Å². The molecule has 1 unspecified atom stereocenters. The number of aliphatic hydroxyl groups excluding tert-OH is 1. The van der Waals surface area contributed by atoms with Crippen LogP contribution in [0.25, 0.3) is 6.08 Å². The van der Waals surface area contributed by atoms with Crippen LogP contribution in [-0.2, 0) is 17.1 Å². The predicted molar refractivity (Wildman–Crippen MR) is 94.5 cm³/mol. The molecular weight excluding hydrogens is 380 g/mol. The lowest BCUT2D eigenvalue weighted by Crippen LogP contribution is -2.39. The van der Waals surface area contributed by atoms with Crippen molar-refractivity contribution in [2.75, 3.05) is 5.32 Å². The van der Waals surface area contributed by atoms with Crippen LogP contribution in [0.15, 0.2) is 35.4 Å². The number of benzene rings is 1. The Labute approximate surface area is 154 Å². The number of aryl methyl sites for hydroxylation is 1. The lowest BCUT2D eigenvalue weighted by molar-refractivity contribution is 0.101. The molecule has 7 nitrogen and oxygen atoms in total. The van der Waals surface area contributed by atoms with E-state index in [4.69, 9.17) is 0 Å². The van der Waals surface area contributed by atoms with Gasteiger partial charge in [-0.3, -0.25) is 4.79 Å². The third-order valence-corrected chi connectivity index (χ3v) is 5.63. The molecule has 2 heterocycles. The van der Waals surface area contributed by atoms with E-state index in [-0.39, 0.29) is 21.8 Å². The van der Waals surface area contributed by atoms with Crippen LogP contribution < -0.4 is 10.0 Å². The van der Waals surface area contributed by atoms with Crippen LogP contribution >= 0.6 is 0 Å². The summed E-state index contributed by atoms with van der Waals surface area (Å²) in [5.74, 6) is -2.87. The zero-order valence-corrected chi connectivity index (χ0v) is 15.2. The van der Waals surface area contributed by atoms with Crippen molar-refractivity contribution in [1.82, 2.24) is 9.29 Å². The number of aliphatic hydroxyl groups is 1. The highest BCUT2D eigenvalue weighted by molar-refractivity contribution is 7.89. The van der Waals surface area contributed by atoms with E-state index in [1.165, 1.54) is 43.0 Å². The maximum atomic E-state index is 13.3. The highest BCUT2D eigenvalue weighted by atomic mass is 32.2. The summed E-state index contributed by atoms with van der Waals surface area (Å²) in [6.45, 7) is 1.43. The molecule has 3 N–H and O–H groups in total. The zero-order valence-electron chi connectivity index (χ0n) is 14.4. The molecule has 1 aromatic carbocycles. The first-order valence-corrected chi connectivity index (χ1v) is 9.43. The normalized spacial score (nSPS) is 19.2.